The van der Waals surface area contributed by atoms with Crippen LogP contribution < -0.4 is 15.4 Å². The molecule has 2 aliphatic heterocycles. The van der Waals surface area contributed by atoms with E-state index in [0.29, 0.717) is 24.0 Å². The Morgan fingerprint density at radius 2 is 1.68 bits per heavy atom. The summed E-state index contributed by atoms with van der Waals surface area (Å²) in [5.41, 5.74) is 0.732. The van der Waals surface area contributed by atoms with E-state index < -0.39 is 0 Å². The third-order valence-electron chi connectivity index (χ3n) is 6.14. The number of rotatable bonds is 5. The first kappa shape index (κ1) is 16.9. The fourth-order valence-electron chi connectivity index (χ4n) is 4.71. The summed E-state index contributed by atoms with van der Waals surface area (Å²) in [6.07, 6.45) is 11.3. The molecular weight excluding hydrogens is 312 g/mol. The summed E-state index contributed by atoms with van der Waals surface area (Å²) in [7, 11) is 0. The summed E-state index contributed by atoms with van der Waals surface area (Å²) >= 11 is 0. The Morgan fingerprint density at radius 1 is 1.00 bits per heavy atom. The van der Waals surface area contributed by atoms with E-state index in [1.165, 1.54) is 44.9 Å². The van der Waals surface area contributed by atoms with Crippen molar-refractivity contribution in [2.24, 2.45) is 5.92 Å². The van der Waals surface area contributed by atoms with Crippen LogP contribution in [-0.2, 0) is 0 Å². The fourth-order valence-corrected chi connectivity index (χ4v) is 4.71. The molecule has 1 aromatic rings. The minimum atomic E-state index is 0.0464. The van der Waals surface area contributed by atoms with Gasteiger partial charge in [-0.05, 0) is 68.7 Å². The van der Waals surface area contributed by atoms with Crippen molar-refractivity contribution < 1.29 is 9.53 Å². The molecule has 1 amide bonds. The van der Waals surface area contributed by atoms with Crippen LogP contribution in [0.5, 0.6) is 5.75 Å². The summed E-state index contributed by atoms with van der Waals surface area (Å²) in [4.78, 5) is 12.5. The van der Waals surface area contributed by atoms with Crippen LogP contribution in [0.2, 0.25) is 0 Å². The second-order valence-electron chi connectivity index (χ2n) is 8.12. The molecule has 0 radical (unpaired) electrons. The van der Waals surface area contributed by atoms with Crippen LogP contribution >= 0.6 is 0 Å². The van der Waals surface area contributed by atoms with Crippen molar-refractivity contribution >= 4 is 5.91 Å². The molecule has 2 unspecified atom stereocenters. The fraction of sp³-hybridized carbons (Fsp3) is 0.667. The normalized spacial score (nSPS) is 29.4. The van der Waals surface area contributed by atoms with Crippen LogP contribution in [0.25, 0.3) is 0 Å². The van der Waals surface area contributed by atoms with Gasteiger partial charge >= 0.3 is 0 Å². The summed E-state index contributed by atoms with van der Waals surface area (Å²) in [5, 5.41) is 6.83. The van der Waals surface area contributed by atoms with Crippen LogP contribution in [-0.4, -0.2) is 30.6 Å². The average molecular weight is 342 g/mol. The number of carbonyl (C=O) groups excluding carboxylic acids is 1. The molecule has 2 N–H and O–H groups in total. The molecule has 3 fully saturated rings. The van der Waals surface area contributed by atoms with E-state index in [9.17, 15) is 4.79 Å². The van der Waals surface area contributed by atoms with Crippen molar-refractivity contribution in [3.05, 3.63) is 29.8 Å². The van der Waals surface area contributed by atoms with Crippen LogP contribution in [0.4, 0.5) is 0 Å². The second kappa shape index (κ2) is 7.77. The minimum absolute atomic E-state index is 0.0464. The average Bonchev–Trinajstić information content (AvgIpc) is 2.99. The Bertz CT molecular complexity index is 568. The van der Waals surface area contributed by atoms with Gasteiger partial charge in [0.2, 0.25) is 0 Å². The van der Waals surface area contributed by atoms with E-state index in [1.54, 1.807) is 0 Å². The highest BCUT2D eigenvalue weighted by Crippen LogP contribution is 2.27. The van der Waals surface area contributed by atoms with Gasteiger partial charge in [0, 0.05) is 23.7 Å². The van der Waals surface area contributed by atoms with Gasteiger partial charge in [-0.15, -0.1) is 0 Å². The van der Waals surface area contributed by atoms with E-state index in [2.05, 4.69) is 10.6 Å². The van der Waals surface area contributed by atoms with Gasteiger partial charge in [0.05, 0.1) is 6.61 Å². The van der Waals surface area contributed by atoms with Crippen LogP contribution in [0, 0.1) is 5.92 Å². The maximum Gasteiger partial charge on any atom is 0.251 e. The number of fused-ring (bicyclic) bond motifs is 2. The van der Waals surface area contributed by atoms with E-state index in [4.69, 9.17) is 4.74 Å². The Balaban J connectivity index is 1.26. The molecule has 0 aromatic heterocycles. The molecular formula is C21H30N2O2. The lowest BCUT2D eigenvalue weighted by atomic mass is 9.90. The SMILES string of the molecule is O=C(NC1CC2CCC(C1)N2)c1ccc(OCC2CCCCC2)cc1. The largest absolute Gasteiger partial charge is 0.493 e. The van der Waals surface area contributed by atoms with Crippen LogP contribution in [0.1, 0.15) is 68.1 Å². The molecule has 2 atom stereocenters. The summed E-state index contributed by atoms with van der Waals surface area (Å²) < 4.78 is 5.93. The lowest BCUT2D eigenvalue weighted by Crippen LogP contribution is -2.48. The highest BCUT2D eigenvalue weighted by molar-refractivity contribution is 5.94. The summed E-state index contributed by atoms with van der Waals surface area (Å²) in [6.45, 7) is 0.809. The van der Waals surface area contributed by atoms with Crippen LogP contribution in [0.3, 0.4) is 0 Å². The zero-order chi connectivity index (χ0) is 17.1. The van der Waals surface area contributed by atoms with Gasteiger partial charge in [-0.25, -0.2) is 0 Å². The van der Waals surface area contributed by atoms with Gasteiger partial charge in [0.25, 0.3) is 5.91 Å². The van der Waals surface area contributed by atoms with E-state index >= 15 is 0 Å². The van der Waals surface area contributed by atoms with Crippen molar-refractivity contribution in [2.45, 2.75) is 75.9 Å². The number of carbonyl (C=O) groups is 1. The number of amides is 1. The van der Waals surface area contributed by atoms with Gasteiger partial charge < -0.3 is 15.4 Å². The number of benzene rings is 1. The first-order valence-corrected chi connectivity index (χ1v) is 10.1. The monoisotopic (exact) mass is 342 g/mol. The Hall–Kier alpha value is -1.55. The van der Waals surface area contributed by atoms with Crippen molar-refractivity contribution in [3.63, 3.8) is 0 Å². The first-order valence-electron chi connectivity index (χ1n) is 10.1. The van der Waals surface area contributed by atoms with Gasteiger partial charge in [-0.3, -0.25) is 4.79 Å². The van der Waals surface area contributed by atoms with E-state index in [-0.39, 0.29) is 5.91 Å². The predicted molar refractivity (Wildman–Crippen MR) is 98.9 cm³/mol. The summed E-state index contributed by atoms with van der Waals surface area (Å²) in [5.74, 6) is 1.62. The maximum atomic E-state index is 12.5. The van der Waals surface area contributed by atoms with Gasteiger partial charge in [0.1, 0.15) is 5.75 Å². The summed E-state index contributed by atoms with van der Waals surface area (Å²) in [6, 6.07) is 9.16. The van der Waals surface area contributed by atoms with Gasteiger partial charge in [-0.1, -0.05) is 19.3 Å². The topological polar surface area (TPSA) is 50.4 Å². The predicted octanol–water partition coefficient (Wildman–Crippen LogP) is 3.66. The van der Waals surface area contributed by atoms with Gasteiger partial charge in [-0.2, -0.15) is 0 Å². The Labute approximate surface area is 150 Å². The molecule has 136 valence electrons. The second-order valence-corrected chi connectivity index (χ2v) is 8.12. The molecule has 4 rings (SSSR count). The molecule has 0 spiro atoms. The molecule has 1 aliphatic carbocycles. The number of hydrogen-bond donors (Lipinski definition) is 2. The van der Waals surface area contributed by atoms with Gasteiger partial charge in [0.15, 0.2) is 0 Å². The third-order valence-corrected chi connectivity index (χ3v) is 6.14. The van der Waals surface area contributed by atoms with E-state index in [1.807, 2.05) is 24.3 Å². The highest BCUT2D eigenvalue weighted by Gasteiger charge is 2.34. The standard InChI is InChI=1S/C21H30N2O2/c24-21(23-19-12-17-8-9-18(13-19)22-17)16-6-10-20(11-7-16)25-14-15-4-2-1-3-5-15/h6-7,10-11,15,17-19,22H,1-5,8-9,12-14H2,(H,23,24). The maximum absolute atomic E-state index is 12.5. The Morgan fingerprint density at radius 3 is 2.36 bits per heavy atom. The van der Waals surface area contributed by atoms with Crippen LogP contribution in [0.15, 0.2) is 24.3 Å². The number of ether oxygens (including phenoxy) is 1. The highest BCUT2D eigenvalue weighted by atomic mass is 16.5. The molecule has 1 aromatic carbocycles. The molecule has 25 heavy (non-hydrogen) atoms. The van der Waals surface area contributed by atoms with Crippen molar-refractivity contribution in [1.82, 2.24) is 10.6 Å². The lowest BCUT2D eigenvalue weighted by molar-refractivity contribution is 0.0924. The molecule has 2 heterocycles. The zero-order valence-corrected chi connectivity index (χ0v) is 15.0. The number of nitrogens with one attached hydrogen (secondary N) is 2. The first-order chi connectivity index (χ1) is 12.3. The minimum Gasteiger partial charge on any atom is -0.493 e. The molecule has 2 bridgehead atoms. The van der Waals surface area contributed by atoms with E-state index in [0.717, 1.165) is 30.8 Å². The molecule has 2 saturated heterocycles. The number of piperidine rings is 1. The molecule has 3 aliphatic rings. The molecule has 4 heteroatoms. The molecule has 4 nitrogen and oxygen atoms in total. The Kier molecular flexibility index (Phi) is 5.25. The van der Waals surface area contributed by atoms with Crippen molar-refractivity contribution in [2.75, 3.05) is 6.61 Å². The number of hydrogen-bond acceptors (Lipinski definition) is 3. The smallest absolute Gasteiger partial charge is 0.251 e. The third kappa shape index (κ3) is 4.35. The lowest BCUT2D eigenvalue weighted by Gasteiger charge is -2.29. The quantitative estimate of drug-likeness (QED) is 0.858. The van der Waals surface area contributed by atoms with Crippen molar-refractivity contribution in [1.29, 1.82) is 0 Å². The molecule has 1 saturated carbocycles. The zero-order valence-electron chi connectivity index (χ0n) is 15.0. The van der Waals surface area contributed by atoms with Crippen molar-refractivity contribution in [3.8, 4) is 5.75 Å².